The first-order valence-electron chi connectivity index (χ1n) is 3.97. The molecule has 1 rings (SSSR count). The van der Waals surface area contributed by atoms with E-state index in [1.54, 1.807) is 0 Å². The molecule has 0 aliphatic heterocycles. The van der Waals surface area contributed by atoms with Crippen molar-refractivity contribution >= 4 is 5.70 Å². The van der Waals surface area contributed by atoms with Crippen LogP contribution in [-0.4, -0.2) is 12.0 Å². The molecule has 0 spiro atoms. The van der Waals surface area contributed by atoms with Crippen LogP contribution in [0.1, 0.15) is 11.1 Å². The van der Waals surface area contributed by atoms with Crippen LogP contribution in [0.15, 0.2) is 35.3 Å². The molecule has 6 heteroatoms. The van der Waals surface area contributed by atoms with E-state index < -0.39 is 11.7 Å². The van der Waals surface area contributed by atoms with Gasteiger partial charge in [0, 0.05) is 25.0 Å². The number of hydrogen-bond acceptors (Lipinski definition) is 3. The Morgan fingerprint density at radius 2 is 2.13 bits per heavy atom. The molecule has 0 unspecified atom stereocenters. The summed E-state index contributed by atoms with van der Waals surface area (Å²) in [4.78, 5) is 3.60. The lowest BCUT2D eigenvalue weighted by atomic mass is 10.1. The summed E-state index contributed by atoms with van der Waals surface area (Å²) >= 11 is 0. The first-order chi connectivity index (χ1) is 6.96. The number of nitrogens with zero attached hydrogens (tertiary/aromatic N) is 3. The molecule has 0 amide bonds. The number of aromatic nitrogens is 1. The molecule has 1 aromatic heterocycles. The quantitative estimate of drug-likeness (QED) is 0.698. The third kappa shape index (κ3) is 2.61. The van der Waals surface area contributed by atoms with Gasteiger partial charge in [0.05, 0.1) is 11.3 Å². The van der Waals surface area contributed by atoms with Crippen LogP contribution in [0.25, 0.3) is 5.70 Å². The highest BCUT2D eigenvalue weighted by molar-refractivity contribution is 5.64. The van der Waals surface area contributed by atoms with E-state index in [0.29, 0.717) is 0 Å². The average molecular weight is 215 g/mol. The molecule has 3 nitrogen and oxygen atoms in total. The molecule has 1 heterocycles. The topological polar surface area (TPSA) is 37.6 Å². The highest BCUT2D eigenvalue weighted by Gasteiger charge is 2.33. The largest absolute Gasteiger partial charge is 0.417 e. The van der Waals surface area contributed by atoms with Crippen molar-refractivity contribution in [3.8, 4) is 0 Å². The highest BCUT2D eigenvalue weighted by Crippen LogP contribution is 2.34. The van der Waals surface area contributed by atoms with Gasteiger partial charge in [-0.25, -0.2) is 0 Å². The zero-order chi connectivity index (χ0) is 11.5. The zero-order valence-electron chi connectivity index (χ0n) is 7.91. The van der Waals surface area contributed by atoms with Crippen LogP contribution < -0.4 is 0 Å². The Morgan fingerprint density at radius 1 is 1.47 bits per heavy atom. The minimum Gasteiger partial charge on any atom is -0.264 e. The summed E-state index contributed by atoms with van der Waals surface area (Å²) in [6, 6.07) is 0.881. The van der Waals surface area contributed by atoms with Gasteiger partial charge in [0.25, 0.3) is 0 Å². The van der Waals surface area contributed by atoms with E-state index in [1.165, 1.54) is 7.05 Å². The molecule has 15 heavy (non-hydrogen) atoms. The van der Waals surface area contributed by atoms with Crippen molar-refractivity contribution in [2.45, 2.75) is 6.18 Å². The Labute approximate surface area is 84.4 Å². The Bertz CT molecular complexity index is 396. The van der Waals surface area contributed by atoms with Crippen LogP contribution in [0.4, 0.5) is 13.2 Å². The standard InChI is InChI=1S/C9H8F3N3/c1-6(15-13-2)7-5-14-4-3-8(7)9(10,11)12/h3-5H,1H2,2H3. The normalized spacial score (nSPS) is 12.0. The second-order valence-electron chi connectivity index (χ2n) is 2.67. The number of halogens is 3. The van der Waals surface area contributed by atoms with E-state index in [1.807, 2.05) is 0 Å². The summed E-state index contributed by atoms with van der Waals surface area (Å²) in [5.74, 6) is 0. The molecule has 0 N–H and O–H groups in total. The lowest BCUT2D eigenvalue weighted by Gasteiger charge is -2.10. The van der Waals surface area contributed by atoms with Gasteiger partial charge in [0.1, 0.15) is 0 Å². The van der Waals surface area contributed by atoms with Gasteiger partial charge >= 0.3 is 6.18 Å². The van der Waals surface area contributed by atoms with Crippen molar-refractivity contribution in [2.75, 3.05) is 7.05 Å². The van der Waals surface area contributed by atoms with Crippen molar-refractivity contribution < 1.29 is 13.2 Å². The molecule has 0 bridgehead atoms. The van der Waals surface area contributed by atoms with Crippen molar-refractivity contribution in [3.63, 3.8) is 0 Å². The van der Waals surface area contributed by atoms with Crippen LogP contribution in [0.5, 0.6) is 0 Å². The Balaban J connectivity index is 3.24. The molecule has 0 aliphatic carbocycles. The third-order valence-electron chi connectivity index (χ3n) is 1.66. The summed E-state index contributed by atoms with van der Waals surface area (Å²) < 4.78 is 37.5. The summed E-state index contributed by atoms with van der Waals surface area (Å²) in [6.07, 6.45) is -2.30. The van der Waals surface area contributed by atoms with Crippen molar-refractivity contribution in [1.29, 1.82) is 0 Å². The molecule has 0 saturated heterocycles. The molecule has 1 aromatic rings. The fourth-order valence-corrected chi connectivity index (χ4v) is 1.05. The van der Waals surface area contributed by atoms with Crippen LogP contribution >= 0.6 is 0 Å². The summed E-state index contributed by atoms with van der Waals surface area (Å²) in [7, 11) is 1.36. The molecule has 0 aliphatic rings. The van der Waals surface area contributed by atoms with Gasteiger partial charge in [0.2, 0.25) is 0 Å². The van der Waals surface area contributed by atoms with Crippen LogP contribution in [0.3, 0.4) is 0 Å². The number of azo groups is 1. The fraction of sp³-hybridized carbons (Fsp3) is 0.222. The van der Waals surface area contributed by atoms with Gasteiger partial charge in [-0.15, -0.1) is 0 Å². The van der Waals surface area contributed by atoms with Crippen molar-refractivity contribution in [2.24, 2.45) is 10.2 Å². The minimum absolute atomic E-state index is 0.0575. The molecule has 0 radical (unpaired) electrons. The molecular formula is C9H8F3N3. The molecule has 0 saturated carbocycles. The third-order valence-corrected chi connectivity index (χ3v) is 1.66. The summed E-state index contributed by atoms with van der Waals surface area (Å²) in [5.41, 5.74) is -1.02. The second kappa shape index (κ2) is 4.20. The molecular weight excluding hydrogens is 207 g/mol. The van der Waals surface area contributed by atoms with Gasteiger partial charge in [-0.05, 0) is 6.07 Å². The lowest BCUT2D eigenvalue weighted by molar-refractivity contribution is -0.137. The number of hydrogen-bond donors (Lipinski definition) is 0. The van der Waals surface area contributed by atoms with E-state index in [9.17, 15) is 13.2 Å². The molecule has 0 aromatic carbocycles. The monoisotopic (exact) mass is 215 g/mol. The predicted molar refractivity (Wildman–Crippen MR) is 49.1 cm³/mol. The average Bonchev–Trinajstić information content (AvgIpc) is 2.17. The van der Waals surface area contributed by atoms with E-state index in [2.05, 4.69) is 21.8 Å². The van der Waals surface area contributed by atoms with Crippen molar-refractivity contribution in [1.82, 2.24) is 4.98 Å². The SMILES string of the molecule is C=C(N=NC)c1cnccc1C(F)(F)F. The van der Waals surface area contributed by atoms with E-state index in [4.69, 9.17) is 0 Å². The Morgan fingerprint density at radius 3 is 2.67 bits per heavy atom. The fourth-order valence-electron chi connectivity index (χ4n) is 1.05. The van der Waals surface area contributed by atoms with Crippen LogP contribution in [0.2, 0.25) is 0 Å². The maximum Gasteiger partial charge on any atom is 0.417 e. The molecule has 80 valence electrons. The van der Waals surface area contributed by atoms with Gasteiger partial charge in [-0.3, -0.25) is 4.98 Å². The maximum absolute atomic E-state index is 12.5. The first kappa shape index (κ1) is 11.4. The van der Waals surface area contributed by atoms with Gasteiger partial charge in [-0.1, -0.05) is 6.58 Å². The van der Waals surface area contributed by atoms with E-state index in [-0.39, 0.29) is 11.3 Å². The van der Waals surface area contributed by atoms with Gasteiger partial charge < -0.3 is 0 Å². The number of alkyl halides is 3. The zero-order valence-corrected chi connectivity index (χ0v) is 7.91. The predicted octanol–water partition coefficient (Wildman–Crippen LogP) is 3.15. The summed E-state index contributed by atoms with van der Waals surface area (Å²) in [6.45, 7) is 3.39. The Kier molecular flexibility index (Phi) is 3.18. The molecule has 0 fully saturated rings. The number of pyridine rings is 1. The van der Waals surface area contributed by atoms with Crippen molar-refractivity contribution in [3.05, 3.63) is 36.2 Å². The lowest BCUT2D eigenvalue weighted by Crippen LogP contribution is -2.08. The minimum atomic E-state index is -4.44. The van der Waals surface area contributed by atoms with Crippen LogP contribution in [-0.2, 0) is 6.18 Å². The Hall–Kier alpha value is -1.72. The number of rotatable bonds is 2. The van der Waals surface area contributed by atoms with E-state index >= 15 is 0 Å². The van der Waals surface area contributed by atoms with E-state index in [0.717, 1.165) is 18.5 Å². The molecule has 0 atom stereocenters. The highest BCUT2D eigenvalue weighted by atomic mass is 19.4. The van der Waals surface area contributed by atoms with Gasteiger partial charge in [-0.2, -0.15) is 23.4 Å². The summed E-state index contributed by atoms with van der Waals surface area (Å²) in [5, 5.41) is 6.83. The maximum atomic E-state index is 12.5. The second-order valence-corrected chi connectivity index (χ2v) is 2.67. The smallest absolute Gasteiger partial charge is 0.264 e. The van der Waals surface area contributed by atoms with Gasteiger partial charge in [0.15, 0.2) is 0 Å². The first-order valence-corrected chi connectivity index (χ1v) is 3.97. The van der Waals surface area contributed by atoms with Crippen LogP contribution in [0, 0.1) is 0 Å².